The van der Waals surface area contributed by atoms with Crippen LogP contribution in [0.4, 0.5) is 4.39 Å². The molecular formula is C14H17FN2O4. The molecule has 0 unspecified atom stereocenters. The number of rotatable bonds is 8. The fraction of sp³-hybridized carbons (Fsp3) is 0.357. The van der Waals surface area contributed by atoms with Crippen molar-refractivity contribution in [2.45, 2.75) is 31.7 Å². The predicted octanol–water partition coefficient (Wildman–Crippen LogP) is 0.593. The van der Waals surface area contributed by atoms with Crippen LogP contribution < -0.4 is 11.1 Å². The van der Waals surface area contributed by atoms with E-state index in [0.717, 1.165) is 0 Å². The second-order valence-electron chi connectivity index (χ2n) is 4.55. The zero-order valence-corrected chi connectivity index (χ0v) is 11.3. The average molecular weight is 296 g/mol. The van der Waals surface area contributed by atoms with Crippen molar-refractivity contribution in [3.63, 3.8) is 0 Å². The molecule has 0 radical (unpaired) electrons. The van der Waals surface area contributed by atoms with Crippen molar-refractivity contribution in [1.82, 2.24) is 5.32 Å². The van der Waals surface area contributed by atoms with Crippen LogP contribution >= 0.6 is 0 Å². The van der Waals surface area contributed by atoms with Gasteiger partial charge in [0.15, 0.2) is 0 Å². The lowest BCUT2D eigenvalue weighted by molar-refractivity contribution is -0.142. The molecule has 1 aromatic rings. The van der Waals surface area contributed by atoms with Crippen LogP contribution in [0.1, 0.15) is 24.8 Å². The quantitative estimate of drug-likeness (QED) is 0.652. The summed E-state index contributed by atoms with van der Waals surface area (Å²) in [6.45, 7) is 0. The summed E-state index contributed by atoms with van der Waals surface area (Å²) in [5, 5.41) is 11.2. The first-order valence-corrected chi connectivity index (χ1v) is 6.44. The Hall–Kier alpha value is -2.44. The Morgan fingerprint density at radius 1 is 1.24 bits per heavy atom. The molecule has 0 saturated heterocycles. The van der Waals surface area contributed by atoms with Crippen LogP contribution in [0.15, 0.2) is 24.3 Å². The summed E-state index contributed by atoms with van der Waals surface area (Å²) in [5.41, 5.74) is 5.32. The maximum absolute atomic E-state index is 13.4. The van der Waals surface area contributed by atoms with Crippen molar-refractivity contribution < 1.29 is 23.9 Å². The third kappa shape index (κ3) is 6.03. The van der Waals surface area contributed by atoms with Crippen molar-refractivity contribution in [1.29, 1.82) is 0 Å². The number of primary amides is 1. The van der Waals surface area contributed by atoms with Crippen LogP contribution in [-0.2, 0) is 20.8 Å². The highest BCUT2D eigenvalue weighted by Crippen LogP contribution is 2.09. The van der Waals surface area contributed by atoms with E-state index in [9.17, 15) is 18.8 Å². The molecule has 1 atom stereocenters. The summed E-state index contributed by atoms with van der Waals surface area (Å²) in [5.74, 6) is -2.80. The number of carbonyl (C=O) groups excluding carboxylic acids is 2. The summed E-state index contributed by atoms with van der Waals surface area (Å²) in [6.07, 6.45) is -0.0807. The van der Waals surface area contributed by atoms with Crippen LogP contribution in [0.25, 0.3) is 0 Å². The van der Waals surface area contributed by atoms with Gasteiger partial charge in [-0.15, -0.1) is 0 Å². The molecule has 0 saturated carbocycles. The van der Waals surface area contributed by atoms with Crippen molar-refractivity contribution in [2.24, 2.45) is 5.73 Å². The van der Waals surface area contributed by atoms with Gasteiger partial charge in [-0.3, -0.25) is 9.59 Å². The molecule has 114 valence electrons. The number of hydrogen-bond acceptors (Lipinski definition) is 3. The zero-order chi connectivity index (χ0) is 15.8. The Bertz CT molecular complexity index is 533. The number of benzene rings is 1. The van der Waals surface area contributed by atoms with E-state index in [2.05, 4.69) is 5.32 Å². The highest BCUT2D eigenvalue weighted by Gasteiger charge is 2.20. The number of hydrogen-bond donors (Lipinski definition) is 3. The predicted molar refractivity (Wildman–Crippen MR) is 72.7 cm³/mol. The van der Waals surface area contributed by atoms with E-state index in [-0.39, 0.29) is 25.7 Å². The van der Waals surface area contributed by atoms with Gasteiger partial charge in [-0.1, -0.05) is 18.2 Å². The first-order valence-electron chi connectivity index (χ1n) is 6.44. The Morgan fingerprint density at radius 2 is 1.90 bits per heavy atom. The van der Waals surface area contributed by atoms with Gasteiger partial charge in [-0.2, -0.15) is 0 Å². The number of nitrogens with two attached hydrogens (primary N) is 1. The highest BCUT2D eigenvalue weighted by atomic mass is 19.1. The third-order valence-corrected chi connectivity index (χ3v) is 2.89. The summed E-state index contributed by atoms with van der Waals surface area (Å²) < 4.78 is 13.4. The van der Waals surface area contributed by atoms with Crippen LogP contribution in [0.3, 0.4) is 0 Å². The molecule has 21 heavy (non-hydrogen) atoms. The summed E-state index contributed by atoms with van der Waals surface area (Å²) >= 11 is 0. The van der Waals surface area contributed by atoms with Crippen LogP contribution in [0.5, 0.6) is 0 Å². The van der Waals surface area contributed by atoms with E-state index >= 15 is 0 Å². The Kier molecular flexibility index (Phi) is 6.32. The number of halogens is 1. The standard InChI is InChI=1S/C14H17FN2O4/c15-10-4-2-1-3-9(10)5-8-13(19)17-11(14(20)21)6-7-12(16)18/h1-4,11H,5-8H2,(H2,16,18)(H,17,19)(H,20,21)/t11-/m0/s1. The smallest absolute Gasteiger partial charge is 0.326 e. The minimum Gasteiger partial charge on any atom is -0.480 e. The SMILES string of the molecule is NC(=O)CC[C@H](NC(=O)CCc1ccccc1F)C(=O)O. The lowest BCUT2D eigenvalue weighted by Crippen LogP contribution is -2.41. The van der Waals surface area contributed by atoms with E-state index in [4.69, 9.17) is 10.8 Å². The molecule has 0 spiro atoms. The highest BCUT2D eigenvalue weighted by molar-refractivity contribution is 5.84. The average Bonchev–Trinajstić information content (AvgIpc) is 2.42. The van der Waals surface area contributed by atoms with Crippen molar-refractivity contribution in [2.75, 3.05) is 0 Å². The molecule has 1 aromatic carbocycles. The second kappa shape index (κ2) is 7.98. The van der Waals surface area contributed by atoms with Gasteiger partial charge in [0.25, 0.3) is 0 Å². The zero-order valence-electron chi connectivity index (χ0n) is 11.3. The first-order chi connectivity index (χ1) is 9.90. The fourth-order valence-corrected chi connectivity index (χ4v) is 1.76. The molecule has 6 nitrogen and oxygen atoms in total. The number of amides is 2. The van der Waals surface area contributed by atoms with E-state index in [1.54, 1.807) is 18.2 Å². The van der Waals surface area contributed by atoms with Gasteiger partial charge in [0.2, 0.25) is 11.8 Å². The number of nitrogens with one attached hydrogen (secondary N) is 1. The van der Waals surface area contributed by atoms with Crippen molar-refractivity contribution >= 4 is 17.8 Å². The second-order valence-corrected chi connectivity index (χ2v) is 4.55. The number of aliphatic carboxylic acids is 1. The van der Waals surface area contributed by atoms with E-state index in [0.29, 0.717) is 5.56 Å². The Balaban J connectivity index is 2.49. The molecule has 4 N–H and O–H groups in total. The first kappa shape index (κ1) is 16.6. The molecule has 1 rings (SSSR count). The lowest BCUT2D eigenvalue weighted by atomic mass is 10.1. The number of carbonyl (C=O) groups is 3. The van der Waals surface area contributed by atoms with Crippen LogP contribution in [0.2, 0.25) is 0 Å². The summed E-state index contributed by atoms with van der Waals surface area (Å²) in [4.78, 5) is 33.3. The molecule has 0 fully saturated rings. The molecule has 0 aliphatic rings. The van der Waals surface area contributed by atoms with E-state index in [1.165, 1.54) is 6.07 Å². The largest absolute Gasteiger partial charge is 0.480 e. The maximum Gasteiger partial charge on any atom is 0.326 e. The number of carboxylic acid groups (broad SMARTS) is 1. The van der Waals surface area contributed by atoms with Crippen molar-refractivity contribution in [3.05, 3.63) is 35.6 Å². The summed E-state index contributed by atoms with van der Waals surface area (Å²) in [7, 11) is 0. The molecule has 0 heterocycles. The monoisotopic (exact) mass is 296 g/mol. The Morgan fingerprint density at radius 3 is 2.48 bits per heavy atom. The van der Waals surface area contributed by atoms with Gasteiger partial charge in [-0.05, 0) is 24.5 Å². The maximum atomic E-state index is 13.4. The molecule has 0 aromatic heterocycles. The van der Waals surface area contributed by atoms with Crippen molar-refractivity contribution in [3.8, 4) is 0 Å². The van der Waals surface area contributed by atoms with Crippen LogP contribution in [-0.4, -0.2) is 28.9 Å². The molecule has 2 amide bonds. The molecular weight excluding hydrogens is 279 g/mol. The van der Waals surface area contributed by atoms with Gasteiger partial charge in [0.05, 0.1) is 0 Å². The summed E-state index contributed by atoms with van der Waals surface area (Å²) in [6, 6.07) is 4.88. The van der Waals surface area contributed by atoms with Gasteiger partial charge in [0, 0.05) is 12.8 Å². The fourth-order valence-electron chi connectivity index (χ4n) is 1.76. The number of aryl methyl sites for hydroxylation is 1. The number of carboxylic acids is 1. The molecule has 7 heteroatoms. The normalized spacial score (nSPS) is 11.7. The van der Waals surface area contributed by atoms with E-state index < -0.39 is 29.6 Å². The van der Waals surface area contributed by atoms with Gasteiger partial charge < -0.3 is 16.2 Å². The molecule has 0 aliphatic heterocycles. The third-order valence-electron chi connectivity index (χ3n) is 2.89. The molecule has 0 aliphatic carbocycles. The molecule has 0 bridgehead atoms. The van der Waals surface area contributed by atoms with Gasteiger partial charge in [-0.25, -0.2) is 9.18 Å². The Labute approximate surface area is 121 Å². The minimum atomic E-state index is -1.24. The minimum absolute atomic E-state index is 0.0404. The van der Waals surface area contributed by atoms with Gasteiger partial charge >= 0.3 is 5.97 Å². The van der Waals surface area contributed by atoms with Gasteiger partial charge in [0.1, 0.15) is 11.9 Å². The topological polar surface area (TPSA) is 109 Å². The lowest BCUT2D eigenvalue weighted by Gasteiger charge is -2.13. The van der Waals surface area contributed by atoms with Crippen LogP contribution in [0, 0.1) is 5.82 Å². The van der Waals surface area contributed by atoms with E-state index in [1.807, 2.05) is 0 Å².